The molecule has 362 valence electrons. The Morgan fingerprint density at radius 2 is 0.619 bits per heavy atom. The molecule has 0 bridgehead atoms. The van der Waals surface area contributed by atoms with Gasteiger partial charge in [0.1, 0.15) is 13.2 Å². The first kappa shape index (κ1) is 59.9. The van der Waals surface area contributed by atoms with Crippen LogP contribution in [0.3, 0.4) is 0 Å². The molecule has 0 spiro atoms. The molecule has 0 aliphatic rings. The fourth-order valence-electron chi connectivity index (χ4n) is 7.27. The monoisotopic (exact) mass is 879 g/mol. The van der Waals surface area contributed by atoms with E-state index in [0.29, 0.717) is 19.3 Å². The molecule has 0 aromatic carbocycles. The topological polar surface area (TPSA) is 78.9 Å². The molecular weight excluding hydrogens is 781 g/mol. The van der Waals surface area contributed by atoms with Crippen molar-refractivity contribution in [3.8, 4) is 0 Å². The molecule has 1 atom stereocenters. The molecule has 0 aliphatic carbocycles. The number of hydrogen-bond donors (Lipinski definition) is 0. The van der Waals surface area contributed by atoms with Crippen molar-refractivity contribution in [3.63, 3.8) is 0 Å². The highest BCUT2D eigenvalue weighted by atomic mass is 16.6. The first-order valence-corrected chi connectivity index (χ1v) is 26.4. The number of hydrogen-bond acceptors (Lipinski definition) is 6. The maximum atomic E-state index is 12.5. The summed E-state index contributed by atoms with van der Waals surface area (Å²) in [7, 11) is 0. The molecule has 0 radical (unpaired) electrons. The van der Waals surface area contributed by atoms with E-state index in [4.69, 9.17) is 14.2 Å². The second kappa shape index (κ2) is 51.5. The zero-order valence-corrected chi connectivity index (χ0v) is 41.3. The standard InChI is InChI=1S/C57H98O6/c1-4-7-10-13-16-17-18-19-20-21-22-23-24-25-26-27-28-29-30-31-32-33-34-35-36-37-38-39-40-41-42-45-47-50-56(59)62-53-54(63-57(60)51-48-44-15-12-9-6-3)52-61-55(58)49-46-43-14-11-8-5-2/h7,10,16-17,19-20,22-23,25-26,28-29,54H,4-6,8-9,11-15,18,21,24,27,30-53H2,1-3H3/b10-7-,17-16-,20-19-,23-22-,26-25-,29-28-. The molecule has 0 aliphatic heterocycles. The van der Waals surface area contributed by atoms with E-state index in [1.165, 1.54) is 116 Å². The first-order valence-electron chi connectivity index (χ1n) is 26.4. The summed E-state index contributed by atoms with van der Waals surface area (Å²) in [6.07, 6.45) is 65.4. The number of ether oxygens (including phenoxy) is 3. The van der Waals surface area contributed by atoms with Gasteiger partial charge in [0.05, 0.1) is 0 Å². The van der Waals surface area contributed by atoms with E-state index in [2.05, 4.69) is 93.7 Å². The van der Waals surface area contributed by atoms with Gasteiger partial charge in [0.2, 0.25) is 0 Å². The van der Waals surface area contributed by atoms with Crippen molar-refractivity contribution >= 4 is 17.9 Å². The number of rotatable bonds is 47. The van der Waals surface area contributed by atoms with Crippen LogP contribution in [0, 0.1) is 0 Å². The minimum absolute atomic E-state index is 0.0729. The van der Waals surface area contributed by atoms with Crippen LogP contribution in [0.1, 0.15) is 252 Å². The minimum Gasteiger partial charge on any atom is -0.462 e. The number of carbonyl (C=O) groups is 3. The maximum absolute atomic E-state index is 12.5. The van der Waals surface area contributed by atoms with E-state index in [-0.39, 0.29) is 31.1 Å². The third kappa shape index (κ3) is 49.7. The van der Waals surface area contributed by atoms with Crippen molar-refractivity contribution in [1.82, 2.24) is 0 Å². The van der Waals surface area contributed by atoms with E-state index in [1.54, 1.807) is 0 Å². The van der Waals surface area contributed by atoms with Crippen molar-refractivity contribution in [2.24, 2.45) is 0 Å². The fourth-order valence-corrected chi connectivity index (χ4v) is 7.27. The van der Waals surface area contributed by atoms with Crippen molar-refractivity contribution in [1.29, 1.82) is 0 Å². The quantitative estimate of drug-likeness (QED) is 0.0262. The number of carbonyl (C=O) groups excluding carboxylic acids is 3. The molecule has 0 saturated heterocycles. The van der Waals surface area contributed by atoms with Crippen molar-refractivity contribution in [2.75, 3.05) is 13.2 Å². The minimum atomic E-state index is -0.764. The van der Waals surface area contributed by atoms with Gasteiger partial charge in [-0.15, -0.1) is 0 Å². The molecule has 0 fully saturated rings. The SMILES string of the molecule is CC/C=C\C/C=C\C/C=C\C/C=C\C/C=C\C/C=C\CCCCCCCCCCCCCCCCC(=O)OCC(COC(=O)CCCCCCCC)OC(=O)CCCCCCCC. The Kier molecular flexibility index (Phi) is 48.9. The highest BCUT2D eigenvalue weighted by Crippen LogP contribution is 2.15. The summed E-state index contributed by atoms with van der Waals surface area (Å²) in [4.78, 5) is 37.4. The Hall–Kier alpha value is -3.15. The maximum Gasteiger partial charge on any atom is 0.306 e. The van der Waals surface area contributed by atoms with E-state index >= 15 is 0 Å². The van der Waals surface area contributed by atoms with Gasteiger partial charge in [0.15, 0.2) is 6.10 Å². The van der Waals surface area contributed by atoms with Gasteiger partial charge in [-0.3, -0.25) is 14.4 Å². The van der Waals surface area contributed by atoms with Gasteiger partial charge < -0.3 is 14.2 Å². The first-order chi connectivity index (χ1) is 31.0. The lowest BCUT2D eigenvalue weighted by Gasteiger charge is -2.18. The lowest BCUT2D eigenvalue weighted by atomic mass is 10.0. The average molecular weight is 879 g/mol. The van der Waals surface area contributed by atoms with Crippen LogP contribution in [0.2, 0.25) is 0 Å². The molecule has 0 N–H and O–H groups in total. The van der Waals surface area contributed by atoms with E-state index in [9.17, 15) is 14.4 Å². The van der Waals surface area contributed by atoms with Gasteiger partial charge in [0, 0.05) is 19.3 Å². The zero-order chi connectivity index (χ0) is 45.8. The van der Waals surface area contributed by atoms with Crippen LogP contribution in [0.25, 0.3) is 0 Å². The molecule has 0 aromatic rings. The second-order valence-corrected chi connectivity index (χ2v) is 17.4. The predicted octanol–water partition coefficient (Wildman–Crippen LogP) is 17.4. The summed E-state index contributed by atoms with van der Waals surface area (Å²) < 4.78 is 16.6. The van der Waals surface area contributed by atoms with Crippen LogP contribution in [0.4, 0.5) is 0 Å². The largest absolute Gasteiger partial charge is 0.462 e. The highest BCUT2D eigenvalue weighted by molar-refractivity contribution is 5.71. The molecule has 0 saturated carbocycles. The Labute approximate surface area is 389 Å². The smallest absolute Gasteiger partial charge is 0.306 e. The summed E-state index contributed by atoms with van der Waals surface area (Å²) in [5.74, 6) is -0.892. The highest BCUT2D eigenvalue weighted by Gasteiger charge is 2.19. The Morgan fingerprint density at radius 1 is 0.333 bits per heavy atom. The Morgan fingerprint density at radius 3 is 0.968 bits per heavy atom. The van der Waals surface area contributed by atoms with Crippen LogP contribution in [-0.2, 0) is 28.6 Å². The second-order valence-electron chi connectivity index (χ2n) is 17.4. The van der Waals surface area contributed by atoms with Gasteiger partial charge in [-0.2, -0.15) is 0 Å². The Bertz CT molecular complexity index is 1190. The van der Waals surface area contributed by atoms with Crippen LogP contribution >= 0.6 is 0 Å². The molecular formula is C57H98O6. The lowest BCUT2D eigenvalue weighted by Crippen LogP contribution is -2.30. The molecule has 0 amide bonds. The van der Waals surface area contributed by atoms with Crippen molar-refractivity contribution in [2.45, 2.75) is 258 Å². The van der Waals surface area contributed by atoms with Gasteiger partial charge in [-0.1, -0.05) is 235 Å². The van der Waals surface area contributed by atoms with Crippen molar-refractivity contribution in [3.05, 3.63) is 72.9 Å². The third-order valence-electron chi connectivity index (χ3n) is 11.2. The normalized spacial score (nSPS) is 12.6. The van der Waals surface area contributed by atoms with E-state index in [0.717, 1.165) is 96.3 Å². The summed E-state index contributed by atoms with van der Waals surface area (Å²) >= 11 is 0. The lowest BCUT2D eigenvalue weighted by molar-refractivity contribution is -0.167. The van der Waals surface area contributed by atoms with Crippen LogP contribution in [0.15, 0.2) is 72.9 Å². The van der Waals surface area contributed by atoms with Gasteiger partial charge >= 0.3 is 17.9 Å². The van der Waals surface area contributed by atoms with Crippen LogP contribution in [-0.4, -0.2) is 37.2 Å². The van der Waals surface area contributed by atoms with Crippen LogP contribution in [0.5, 0.6) is 0 Å². The number of allylic oxidation sites excluding steroid dienone is 12. The zero-order valence-electron chi connectivity index (χ0n) is 41.3. The summed E-state index contributed by atoms with van der Waals surface area (Å²) in [6.45, 7) is 6.40. The third-order valence-corrected chi connectivity index (χ3v) is 11.2. The van der Waals surface area contributed by atoms with Crippen molar-refractivity contribution < 1.29 is 28.6 Å². The molecule has 0 rings (SSSR count). The summed E-state index contributed by atoms with van der Waals surface area (Å²) in [5.41, 5.74) is 0. The van der Waals surface area contributed by atoms with E-state index in [1.807, 2.05) is 0 Å². The average Bonchev–Trinajstić information content (AvgIpc) is 3.28. The number of esters is 3. The summed E-state index contributed by atoms with van der Waals surface area (Å²) in [5, 5.41) is 0. The van der Waals surface area contributed by atoms with Gasteiger partial charge in [-0.05, 0) is 70.6 Å². The molecule has 0 heterocycles. The molecule has 63 heavy (non-hydrogen) atoms. The number of unbranched alkanes of at least 4 members (excludes halogenated alkanes) is 24. The van der Waals surface area contributed by atoms with E-state index < -0.39 is 6.10 Å². The van der Waals surface area contributed by atoms with Gasteiger partial charge in [0.25, 0.3) is 0 Å². The van der Waals surface area contributed by atoms with Gasteiger partial charge in [-0.25, -0.2) is 0 Å². The molecule has 6 nitrogen and oxygen atoms in total. The molecule has 6 heteroatoms. The van der Waals surface area contributed by atoms with Crippen LogP contribution < -0.4 is 0 Å². The molecule has 1 unspecified atom stereocenters. The predicted molar refractivity (Wildman–Crippen MR) is 270 cm³/mol. The Balaban J connectivity index is 3.85. The summed E-state index contributed by atoms with van der Waals surface area (Å²) in [6, 6.07) is 0. The molecule has 0 aromatic heterocycles. The fraction of sp³-hybridized carbons (Fsp3) is 0.737.